The largest absolute Gasteiger partial charge is 0.385 e. The molecule has 3 heteroatoms. The van der Waals surface area contributed by atoms with Gasteiger partial charge in [-0.25, -0.2) is 0 Å². The Hall–Kier alpha value is -0.120. The van der Waals surface area contributed by atoms with E-state index in [1.807, 2.05) is 0 Å². The van der Waals surface area contributed by atoms with Crippen molar-refractivity contribution in [1.29, 1.82) is 0 Å². The molecule has 0 aliphatic heterocycles. The van der Waals surface area contributed by atoms with E-state index in [-0.39, 0.29) is 6.10 Å². The lowest BCUT2D eigenvalue weighted by Crippen LogP contribution is -2.48. The summed E-state index contributed by atoms with van der Waals surface area (Å²) in [6.45, 7) is 13.7. The summed E-state index contributed by atoms with van der Waals surface area (Å²) in [6, 6.07) is 0.417. The van der Waals surface area contributed by atoms with Crippen LogP contribution in [0.4, 0.5) is 0 Å². The van der Waals surface area contributed by atoms with Crippen LogP contribution >= 0.6 is 0 Å². The van der Waals surface area contributed by atoms with Crippen LogP contribution in [0.1, 0.15) is 47.5 Å². The normalized spacial score (nSPS) is 16.8. The van der Waals surface area contributed by atoms with Crippen molar-refractivity contribution in [3.05, 3.63) is 0 Å². The van der Waals surface area contributed by atoms with Crippen molar-refractivity contribution in [2.24, 2.45) is 11.8 Å². The molecule has 0 bridgehead atoms. The molecule has 110 valence electrons. The quantitative estimate of drug-likeness (QED) is 0.618. The van der Waals surface area contributed by atoms with Crippen LogP contribution in [0.15, 0.2) is 0 Å². The van der Waals surface area contributed by atoms with E-state index in [1.54, 1.807) is 7.11 Å². The molecule has 0 fully saturated rings. The SMILES string of the molecule is CCCNC(C(C)CCOC)C(OCC)C(C)C. The Labute approximate surface area is 114 Å². The Morgan fingerprint density at radius 1 is 1.11 bits per heavy atom. The standard InChI is InChI=1S/C15H33NO2/c1-7-10-16-14(13(5)9-11-17-6)15(12(3)4)18-8-2/h12-16H,7-11H2,1-6H3. The third-order valence-corrected chi connectivity index (χ3v) is 3.39. The van der Waals surface area contributed by atoms with Crippen LogP contribution in [-0.4, -0.2) is 39.0 Å². The van der Waals surface area contributed by atoms with Gasteiger partial charge in [-0.1, -0.05) is 27.7 Å². The van der Waals surface area contributed by atoms with Crippen molar-refractivity contribution >= 4 is 0 Å². The lowest BCUT2D eigenvalue weighted by atomic mass is 9.88. The molecule has 18 heavy (non-hydrogen) atoms. The van der Waals surface area contributed by atoms with Crippen LogP contribution in [0, 0.1) is 11.8 Å². The number of hydrogen-bond donors (Lipinski definition) is 1. The smallest absolute Gasteiger partial charge is 0.0753 e. The van der Waals surface area contributed by atoms with E-state index in [4.69, 9.17) is 9.47 Å². The highest BCUT2D eigenvalue weighted by atomic mass is 16.5. The molecule has 3 atom stereocenters. The minimum Gasteiger partial charge on any atom is -0.385 e. The molecule has 1 N–H and O–H groups in total. The molecular formula is C15H33NO2. The molecule has 0 saturated heterocycles. The van der Waals surface area contributed by atoms with Crippen molar-refractivity contribution in [2.45, 2.75) is 59.6 Å². The zero-order chi connectivity index (χ0) is 14.0. The molecule has 0 aliphatic carbocycles. The van der Waals surface area contributed by atoms with E-state index in [1.165, 1.54) is 0 Å². The van der Waals surface area contributed by atoms with E-state index in [2.05, 4.69) is 39.9 Å². The van der Waals surface area contributed by atoms with Gasteiger partial charge in [-0.05, 0) is 38.1 Å². The lowest BCUT2D eigenvalue weighted by molar-refractivity contribution is -0.0132. The number of ether oxygens (including phenoxy) is 2. The first-order valence-corrected chi connectivity index (χ1v) is 7.42. The van der Waals surface area contributed by atoms with Gasteiger partial charge in [0.2, 0.25) is 0 Å². The van der Waals surface area contributed by atoms with Crippen LogP contribution in [0.25, 0.3) is 0 Å². The van der Waals surface area contributed by atoms with Crippen LogP contribution in [-0.2, 0) is 9.47 Å². The molecule has 0 aromatic rings. The van der Waals surface area contributed by atoms with Crippen LogP contribution in [0.5, 0.6) is 0 Å². The summed E-state index contributed by atoms with van der Waals surface area (Å²) in [5.74, 6) is 1.10. The van der Waals surface area contributed by atoms with Gasteiger partial charge >= 0.3 is 0 Å². The first kappa shape index (κ1) is 17.9. The maximum Gasteiger partial charge on any atom is 0.0753 e. The van der Waals surface area contributed by atoms with Gasteiger partial charge in [0.1, 0.15) is 0 Å². The third-order valence-electron chi connectivity index (χ3n) is 3.39. The predicted octanol–water partition coefficient (Wildman–Crippen LogP) is 3.09. The second kappa shape index (κ2) is 10.8. The molecule has 0 spiro atoms. The van der Waals surface area contributed by atoms with Crippen LogP contribution < -0.4 is 5.32 Å². The molecule has 0 aromatic heterocycles. The average molecular weight is 259 g/mol. The Morgan fingerprint density at radius 3 is 2.22 bits per heavy atom. The number of nitrogens with one attached hydrogen (secondary N) is 1. The van der Waals surface area contributed by atoms with Gasteiger partial charge < -0.3 is 14.8 Å². The summed E-state index contributed by atoms with van der Waals surface area (Å²) in [7, 11) is 1.77. The summed E-state index contributed by atoms with van der Waals surface area (Å²) >= 11 is 0. The fourth-order valence-electron chi connectivity index (χ4n) is 2.34. The average Bonchev–Trinajstić information content (AvgIpc) is 2.35. The predicted molar refractivity (Wildman–Crippen MR) is 78.0 cm³/mol. The number of methoxy groups -OCH3 is 1. The van der Waals surface area contributed by atoms with E-state index in [9.17, 15) is 0 Å². The maximum atomic E-state index is 5.96. The highest BCUT2D eigenvalue weighted by Crippen LogP contribution is 2.20. The van der Waals surface area contributed by atoms with Crippen molar-refractivity contribution in [2.75, 3.05) is 26.9 Å². The van der Waals surface area contributed by atoms with Crippen molar-refractivity contribution < 1.29 is 9.47 Å². The van der Waals surface area contributed by atoms with Crippen molar-refractivity contribution in [3.63, 3.8) is 0 Å². The fourth-order valence-corrected chi connectivity index (χ4v) is 2.34. The summed E-state index contributed by atoms with van der Waals surface area (Å²) in [4.78, 5) is 0. The molecule has 3 unspecified atom stereocenters. The van der Waals surface area contributed by atoms with Gasteiger partial charge in [-0.3, -0.25) is 0 Å². The monoisotopic (exact) mass is 259 g/mol. The van der Waals surface area contributed by atoms with E-state index in [0.29, 0.717) is 17.9 Å². The maximum absolute atomic E-state index is 5.96. The summed E-state index contributed by atoms with van der Waals surface area (Å²) in [5.41, 5.74) is 0. The summed E-state index contributed by atoms with van der Waals surface area (Å²) in [6.07, 6.45) is 2.52. The number of hydrogen-bond acceptors (Lipinski definition) is 3. The number of rotatable bonds is 11. The third kappa shape index (κ3) is 6.72. The summed E-state index contributed by atoms with van der Waals surface area (Å²) in [5, 5.41) is 3.66. The lowest BCUT2D eigenvalue weighted by Gasteiger charge is -2.35. The van der Waals surface area contributed by atoms with E-state index < -0.39 is 0 Å². The molecule has 0 aliphatic rings. The van der Waals surface area contributed by atoms with Gasteiger partial charge in [-0.15, -0.1) is 0 Å². The molecule has 0 heterocycles. The zero-order valence-electron chi connectivity index (χ0n) is 13.2. The highest BCUT2D eigenvalue weighted by Gasteiger charge is 2.28. The topological polar surface area (TPSA) is 30.5 Å². The van der Waals surface area contributed by atoms with E-state index in [0.717, 1.165) is 32.6 Å². The molecule has 3 nitrogen and oxygen atoms in total. The first-order valence-electron chi connectivity index (χ1n) is 7.42. The minimum atomic E-state index is 0.286. The van der Waals surface area contributed by atoms with Gasteiger partial charge in [-0.2, -0.15) is 0 Å². The molecule has 0 aromatic carbocycles. The van der Waals surface area contributed by atoms with Crippen LogP contribution in [0.3, 0.4) is 0 Å². The van der Waals surface area contributed by atoms with Gasteiger partial charge in [0.15, 0.2) is 0 Å². The van der Waals surface area contributed by atoms with Gasteiger partial charge in [0.05, 0.1) is 6.10 Å². The minimum absolute atomic E-state index is 0.286. The molecule has 0 radical (unpaired) electrons. The van der Waals surface area contributed by atoms with Gasteiger partial charge in [0, 0.05) is 26.4 Å². The Morgan fingerprint density at radius 2 is 1.78 bits per heavy atom. The van der Waals surface area contributed by atoms with Crippen molar-refractivity contribution in [3.8, 4) is 0 Å². The Bertz CT molecular complexity index is 185. The van der Waals surface area contributed by atoms with Crippen molar-refractivity contribution in [1.82, 2.24) is 5.32 Å². The Balaban J connectivity index is 4.58. The second-order valence-electron chi connectivity index (χ2n) is 5.40. The van der Waals surface area contributed by atoms with Crippen LogP contribution in [0.2, 0.25) is 0 Å². The first-order chi connectivity index (χ1) is 8.58. The second-order valence-corrected chi connectivity index (χ2v) is 5.40. The van der Waals surface area contributed by atoms with E-state index >= 15 is 0 Å². The molecule has 0 amide bonds. The fraction of sp³-hybridized carbons (Fsp3) is 1.00. The molecule has 0 rings (SSSR count). The zero-order valence-corrected chi connectivity index (χ0v) is 13.2. The Kier molecular flexibility index (Phi) is 10.7. The summed E-state index contributed by atoms with van der Waals surface area (Å²) < 4.78 is 11.2. The molecule has 0 saturated carbocycles. The highest BCUT2D eigenvalue weighted by molar-refractivity contribution is 4.84. The van der Waals surface area contributed by atoms with Gasteiger partial charge in [0.25, 0.3) is 0 Å². The molecular weight excluding hydrogens is 226 g/mol.